The van der Waals surface area contributed by atoms with Crippen LogP contribution in [0.5, 0.6) is 0 Å². The summed E-state index contributed by atoms with van der Waals surface area (Å²) in [5, 5.41) is 8.95. The summed E-state index contributed by atoms with van der Waals surface area (Å²) >= 11 is 2.97. The lowest BCUT2D eigenvalue weighted by molar-refractivity contribution is 0.0168. The number of aliphatic hydroxyl groups is 1. The number of fused-ring (bicyclic) bond motifs is 1. The molecule has 0 radical (unpaired) electrons. The number of hydroxylamine groups is 1. The molecule has 2 heterocycles. The molecule has 0 saturated carbocycles. The summed E-state index contributed by atoms with van der Waals surface area (Å²) in [6.07, 6.45) is -0.00931. The minimum Gasteiger partial charge on any atom is -0.394 e. The second-order valence-electron chi connectivity index (χ2n) is 5.83. The van der Waals surface area contributed by atoms with Crippen molar-refractivity contribution in [3.05, 3.63) is 54.8 Å². The SMILES string of the molecule is Cn1c(Cc2ccc(I)cc2F)c(C(=O)NOCCO)c2nc(N)sc2c1=O. The Balaban J connectivity index is 2.19. The lowest BCUT2D eigenvalue weighted by atomic mass is 10.0. The Morgan fingerprint density at radius 1 is 1.50 bits per heavy atom. The number of halogens is 2. The molecule has 0 bridgehead atoms. The number of amides is 1. The Bertz CT molecular complexity index is 1110. The molecule has 8 nitrogen and oxygen atoms in total. The fourth-order valence-electron chi connectivity index (χ4n) is 2.73. The number of nitrogens with zero attached hydrogens (tertiary/aromatic N) is 2. The fraction of sp³-hybridized carbons (Fsp3) is 0.235. The lowest BCUT2D eigenvalue weighted by Crippen LogP contribution is -2.31. The van der Waals surface area contributed by atoms with Gasteiger partial charge in [0, 0.05) is 22.7 Å². The first-order valence-corrected chi connectivity index (χ1v) is 9.97. The number of nitrogens with two attached hydrogens (primary N) is 1. The van der Waals surface area contributed by atoms with Crippen molar-refractivity contribution in [3.8, 4) is 0 Å². The average Bonchev–Trinajstić information content (AvgIpc) is 3.03. The van der Waals surface area contributed by atoms with Gasteiger partial charge in [0.2, 0.25) is 0 Å². The number of nitrogens with one attached hydrogen (secondary N) is 1. The van der Waals surface area contributed by atoms with Crippen LogP contribution in [0.3, 0.4) is 0 Å². The van der Waals surface area contributed by atoms with Gasteiger partial charge in [-0.3, -0.25) is 14.4 Å². The Kier molecular flexibility index (Phi) is 6.27. The van der Waals surface area contributed by atoms with Gasteiger partial charge in [0.1, 0.15) is 16.0 Å². The largest absolute Gasteiger partial charge is 0.394 e. The minimum atomic E-state index is -0.666. The number of rotatable bonds is 6. The molecule has 0 unspecified atom stereocenters. The van der Waals surface area contributed by atoms with Crippen LogP contribution in [0.1, 0.15) is 21.6 Å². The van der Waals surface area contributed by atoms with Gasteiger partial charge in [-0.1, -0.05) is 17.4 Å². The molecule has 3 rings (SSSR count). The van der Waals surface area contributed by atoms with E-state index >= 15 is 0 Å². The summed E-state index contributed by atoms with van der Waals surface area (Å²) in [5.41, 5.74) is 8.38. The lowest BCUT2D eigenvalue weighted by Gasteiger charge is -2.15. The van der Waals surface area contributed by atoms with E-state index in [1.54, 1.807) is 12.1 Å². The van der Waals surface area contributed by atoms with E-state index in [4.69, 9.17) is 15.7 Å². The first-order chi connectivity index (χ1) is 13.3. The number of pyridine rings is 1. The van der Waals surface area contributed by atoms with E-state index in [0.717, 1.165) is 14.9 Å². The van der Waals surface area contributed by atoms with E-state index in [1.165, 1.54) is 17.7 Å². The maximum absolute atomic E-state index is 14.4. The highest BCUT2D eigenvalue weighted by Crippen LogP contribution is 2.27. The number of nitrogen functional groups attached to an aromatic ring is 1. The topological polar surface area (TPSA) is 119 Å². The van der Waals surface area contributed by atoms with Crippen LogP contribution in [-0.2, 0) is 18.3 Å². The fourth-order valence-corrected chi connectivity index (χ4v) is 4.00. The van der Waals surface area contributed by atoms with Crippen LogP contribution in [0.4, 0.5) is 9.52 Å². The molecule has 1 amide bonds. The summed E-state index contributed by atoms with van der Waals surface area (Å²) in [6.45, 7) is -0.395. The normalized spacial score (nSPS) is 11.1. The van der Waals surface area contributed by atoms with Crippen LogP contribution in [0.2, 0.25) is 0 Å². The number of hydrogen-bond donors (Lipinski definition) is 3. The van der Waals surface area contributed by atoms with Crippen molar-refractivity contribution in [1.29, 1.82) is 0 Å². The predicted octanol–water partition coefficient (Wildman–Crippen LogP) is 1.57. The van der Waals surface area contributed by atoms with Gasteiger partial charge in [0.05, 0.1) is 18.8 Å². The van der Waals surface area contributed by atoms with E-state index in [2.05, 4.69) is 10.5 Å². The summed E-state index contributed by atoms with van der Waals surface area (Å²) in [4.78, 5) is 34.5. The molecular formula is C17H16FIN4O4S. The Hall–Kier alpha value is -2.09. The van der Waals surface area contributed by atoms with E-state index in [9.17, 15) is 14.0 Å². The molecule has 1 aromatic carbocycles. The van der Waals surface area contributed by atoms with Gasteiger partial charge >= 0.3 is 0 Å². The zero-order valence-electron chi connectivity index (χ0n) is 14.7. The maximum atomic E-state index is 14.4. The van der Waals surface area contributed by atoms with Crippen molar-refractivity contribution in [2.24, 2.45) is 7.05 Å². The average molecular weight is 518 g/mol. The molecule has 2 aromatic heterocycles. The van der Waals surface area contributed by atoms with E-state index in [1.807, 2.05) is 22.6 Å². The third kappa shape index (κ3) is 4.01. The highest BCUT2D eigenvalue weighted by atomic mass is 127. The number of aliphatic hydroxyl groups excluding tert-OH is 1. The summed E-state index contributed by atoms with van der Waals surface area (Å²) in [7, 11) is 1.50. The first-order valence-electron chi connectivity index (χ1n) is 8.08. The van der Waals surface area contributed by atoms with E-state index in [0.29, 0.717) is 5.56 Å². The van der Waals surface area contributed by atoms with E-state index < -0.39 is 11.7 Å². The van der Waals surface area contributed by atoms with E-state index in [-0.39, 0.29) is 51.8 Å². The molecule has 11 heteroatoms. The van der Waals surface area contributed by atoms with Gasteiger partial charge in [-0.05, 0) is 40.3 Å². The van der Waals surface area contributed by atoms with Gasteiger partial charge in [-0.2, -0.15) is 0 Å². The molecule has 3 aromatic rings. The number of aromatic nitrogens is 2. The van der Waals surface area contributed by atoms with Gasteiger partial charge in [-0.25, -0.2) is 14.9 Å². The molecule has 148 valence electrons. The van der Waals surface area contributed by atoms with Gasteiger partial charge in [0.25, 0.3) is 11.5 Å². The standard InChI is InChI=1S/C17H16FIN4O4S/c1-23-11(6-8-2-3-9(19)7-10(8)18)12(15(25)22-27-5-4-24)13-14(16(23)26)28-17(20)21-13/h2-3,7,24H,4-6H2,1H3,(H2,20,21)(H,22,25). The molecule has 0 saturated heterocycles. The van der Waals surface area contributed by atoms with Crippen molar-refractivity contribution >= 4 is 55.2 Å². The molecule has 28 heavy (non-hydrogen) atoms. The number of thiazole rings is 1. The van der Waals surface area contributed by atoms with Crippen molar-refractivity contribution < 1.29 is 19.1 Å². The molecule has 0 aliphatic heterocycles. The van der Waals surface area contributed by atoms with Crippen LogP contribution >= 0.6 is 33.9 Å². The number of carbonyl (C=O) groups excluding carboxylic acids is 1. The Morgan fingerprint density at radius 2 is 2.25 bits per heavy atom. The number of carbonyl (C=O) groups is 1. The summed E-state index contributed by atoms with van der Waals surface area (Å²) < 4.78 is 16.6. The first kappa shape index (κ1) is 20.6. The second kappa shape index (κ2) is 8.51. The monoisotopic (exact) mass is 518 g/mol. The van der Waals surface area contributed by atoms with Crippen LogP contribution in [0.15, 0.2) is 23.0 Å². The number of hydrogen-bond acceptors (Lipinski definition) is 7. The molecule has 0 aliphatic carbocycles. The van der Waals surface area contributed by atoms with Crippen LogP contribution in [0.25, 0.3) is 10.2 Å². The van der Waals surface area contributed by atoms with Crippen LogP contribution in [-0.4, -0.2) is 33.8 Å². The third-order valence-corrected chi connectivity index (χ3v) is 5.57. The number of benzene rings is 1. The Morgan fingerprint density at radius 3 is 2.93 bits per heavy atom. The summed E-state index contributed by atoms with van der Waals surface area (Å²) in [6, 6.07) is 4.71. The predicted molar refractivity (Wildman–Crippen MR) is 112 cm³/mol. The van der Waals surface area contributed by atoms with Gasteiger partial charge in [-0.15, -0.1) is 0 Å². The highest BCUT2D eigenvalue weighted by molar-refractivity contribution is 14.1. The van der Waals surface area contributed by atoms with Crippen molar-refractivity contribution in [1.82, 2.24) is 15.0 Å². The van der Waals surface area contributed by atoms with Crippen molar-refractivity contribution in [2.75, 3.05) is 18.9 Å². The molecule has 0 spiro atoms. The Labute approximate surface area is 176 Å². The maximum Gasteiger partial charge on any atom is 0.278 e. The van der Waals surface area contributed by atoms with Crippen molar-refractivity contribution in [2.45, 2.75) is 6.42 Å². The number of anilines is 1. The molecule has 0 aliphatic rings. The zero-order valence-corrected chi connectivity index (χ0v) is 17.6. The second-order valence-corrected chi connectivity index (χ2v) is 8.11. The molecule has 0 atom stereocenters. The quantitative estimate of drug-likeness (QED) is 0.259. The highest BCUT2D eigenvalue weighted by Gasteiger charge is 2.24. The molecule has 4 N–H and O–H groups in total. The zero-order chi connectivity index (χ0) is 20.4. The van der Waals surface area contributed by atoms with Crippen molar-refractivity contribution in [3.63, 3.8) is 0 Å². The van der Waals surface area contributed by atoms with Gasteiger partial charge < -0.3 is 15.4 Å². The van der Waals surface area contributed by atoms with Crippen LogP contribution in [0, 0.1) is 9.39 Å². The molecule has 0 fully saturated rings. The molecular weight excluding hydrogens is 502 g/mol. The third-order valence-electron chi connectivity index (χ3n) is 4.03. The minimum absolute atomic E-state index is 0.00931. The summed E-state index contributed by atoms with van der Waals surface area (Å²) in [5.74, 6) is -1.11. The van der Waals surface area contributed by atoms with Crippen LogP contribution < -0.4 is 16.8 Å². The smallest absolute Gasteiger partial charge is 0.278 e. The van der Waals surface area contributed by atoms with Gasteiger partial charge in [0.15, 0.2) is 5.13 Å².